The van der Waals surface area contributed by atoms with Crippen LogP contribution in [0.1, 0.15) is 47.6 Å². The van der Waals surface area contributed by atoms with Crippen LogP contribution >= 0.6 is 0 Å². The summed E-state index contributed by atoms with van der Waals surface area (Å²) in [5.41, 5.74) is 9.54. The highest BCUT2D eigenvalue weighted by Crippen LogP contribution is 2.35. The Morgan fingerprint density at radius 2 is 0.767 bits per heavy atom. The molecule has 1 nitrogen and oxygen atoms in total. The number of aryl methyl sites for hydroxylation is 1. The topological polar surface area (TPSA) is 3.24 Å². The lowest BCUT2D eigenvalue weighted by molar-refractivity contribution is 0.795. The van der Waals surface area contributed by atoms with Crippen molar-refractivity contribution < 1.29 is 0 Å². The number of nitrogens with zero attached hydrogens (tertiary/aromatic N) is 1. The zero-order valence-electron chi connectivity index (χ0n) is 24.9. The summed E-state index contributed by atoms with van der Waals surface area (Å²) < 4.78 is 0. The summed E-state index contributed by atoms with van der Waals surface area (Å²) in [6.45, 7) is 2.24. The molecule has 0 aromatic heterocycles. The molecule has 0 aliphatic rings. The molecule has 5 rings (SSSR count). The van der Waals surface area contributed by atoms with Gasteiger partial charge in [0.05, 0.1) is 0 Å². The first-order valence-corrected chi connectivity index (χ1v) is 15.2. The van der Waals surface area contributed by atoms with Crippen molar-refractivity contribution in [2.24, 2.45) is 0 Å². The number of hydrogen-bond acceptors (Lipinski definition) is 1. The Morgan fingerprint density at radius 1 is 0.419 bits per heavy atom. The summed E-state index contributed by atoms with van der Waals surface area (Å²) in [6.07, 6.45) is 20.4. The number of rotatable bonds is 12. The molecule has 212 valence electrons. The van der Waals surface area contributed by atoms with Crippen LogP contribution in [-0.2, 0) is 6.42 Å². The van der Waals surface area contributed by atoms with Gasteiger partial charge in [0.2, 0.25) is 0 Å². The summed E-state index contributed by atoms with van der Waals surface area (Å²) in [5, 5.41) is 0. The molecule has 0 unspecified atom stereocenters. The molecular formula is C42H39N. The van der Waals surface area contributed by atoms with Crippen molar-refractivity contribution in [1.29, 1.82) is 0 Å². The third-order valence-corrected chi connectivity index (χ3v) is 7.29. The number of unbranched alkanes of at least 4 members (excludes halogenated alkanes) is 1. The van der Waals surface area contributed by atoms with Crippen molar-refractivity contribution in [3.8, 4) is 0 Å². The Kier molecular flexibility index (Phi) is 10.8. The first-order valence-electron chi connectivity index (χ1n) is 15.2. The average Bonchev–Trinajstić information content (AvgIpc) is 3.07. The summed E-state index contributed by atoms with van der Waals surface area (Å²) in [6, 6.07) is 47.3. The highest BCUT2D eigenvalue weighted by atomic mass is 15.1. The van der Waals surface area contributed by atoms with Crippen LogP contribution in [-0.4, -0.2) is 0 Å². The van der Waals surface area contributed by atoms with E-state index in [0.717, 1.165) is 23.5 Å². The minimum Gasteiger partial charge on any atom is -0.311 e. The maximum absolute atomic E-state index is 2.33. The smallest absolute Gasteiger partial charge is 0.0462 e. The third kappa shape index (κ3) is 8.92. The maximum atomic E-state index is 2.33. The quantitative estimate of drug-likeness (QED) is 0.138. The second-order valence-electron chi connectivity index (χ2n) is 10.5. The molecule has 5 aromatic carbocycles. The Labute approximate surface area is 257 Å². The molecule has 1 heteroatoms. The van der Waals surface area contributed by atoms with Crippen LogP contribution in [0.25, 0.3) is 24.3 Å². The highest BCUT2D eigenvalue weighted by molar-refractivity contribution is 5.78. The number of benzene rings is 5. The van der Waals surface area contributed by atoms with Crippen molar-refractivity contribution in [2.45, 2.75) is 26.2 Å². The lowest BCUT2D eigenvalue weighted by Crippen LogP contribution is -2.10. The van der Waals surface area contributed by atoms with E-state index in [9.17, 15) is 0 Å². The van der Waals surface area contributed by atoms with E-state index in [4.69, 9.17) is 0 Å². The second kappa shape index (κ2) is 15.7. The fourth-order valence-electron chi connectivity index (χ4n) is 4.90. The van der Waals surface area contributed by atoms with Gasteiger partial charge < -0.3 is 4.90 Å². The Balaban J connectivity index is 1.34. The molecule has 0 fully saturated rings. The Hall–Kier alpha value is -5.14. The van der Waals surface area contributed by atoms with Crippen molar-refractivity contribution in [3.63, 3.8) is 0 Å². The van der Waals surface area contributed by atoms with E-state index in [1.54, 1.807) is 0 Å². The minimum atomic E-state index is 1.12. The van der Waals surface area contributed by atoms with Gasteiger partial charge in [0.15, 0.2) is 0 Å². The van der Waals surface area contributed by atoms with Gasteiger partial charge in [-0.3, -0.25) is 0 Å². The Morgan fingerprint density at radius 3 is 1.14 bits per heavy atom. The van der Waals surface area contributed by atoms with E-state index >= 15 is 0 Å². The molecular weight excluding hydrogens is 518 g/mol. The SMILES string of the molecule is CCCCc1ccc(N(c2ccc(/C=C/C=C/c3ccccc3)cc2)c2ccc(/C=C/C=C/c3ccccc3)cc2)cc1. The van der Waals surface area contributed by atoms with E-state index in [2.05, 4.69) is 182 Å². The van der Waals surface area contributed by atoms with Gasteiger partial charge in [0, 0.05) is 17.1 Å². The van der Waals surface area contributed by atoms with Gasteiger partial charge in [0.25, 0.3) is 0 Å². The first-order chi connectivity index (χ1) is 21.3. The number of anilines is 3. The standard InChI is InChI=1S/C42H39N/c1-2-3-14-37-23-29-40(30-24-37)43(41-31-25-38(26-32-41)21-12-10-19-35-15-6-4-7-16-35)42-33-27-39(28-34-42)22-13-11-20-36-17-8-5-9-18-36/h4-13,15-34H,2-3,14H2,1H3/b19-10+,20-11+,21-12+,22-13+. The molecule has 0 radical (unpaired) electrons. The molecule has 0 saturated heterocycles. The second-order valence-corrected chi connectivity index (χ2v) is 10.5. The number of allylic oxidation sites excluding steroid dienone is 4. The van der Waals surface area contributed by atoms with Crippen molar-refractivity contribution in [2.75, 3.05) is 4.90 Å². The monoisotopic (exact) mass is 557 g/mol. The van der Waals surface area contributed by atoms with Gasteiger partial charge in [-0.25, -0.2) is 0 Å². The predicted octanol–water partition coefficient (Wildman–Crippen LogP) is 12.0. The fraction of sp³-hybridized carbons (Fsp3) is 0.0952. The lowest BCUT2D eigenvalue weighted by atomic mass is 10.1. The summed E-state index contributed by atoms with van der Waals surface area (Å²) >= 11 is 0. The van der Waals surface area contributed by atoms with Crippen LogP contribution < -0.4 is 4.90 Å². The lowest BCUT2D eigenvalue weighted by Gasteiger charge is -2.26. The summed E-state index contributed by atoms with van der Waals surface area (Å²) in [7, 11) is 0. The largest absolute Gasteiger partial charge is 0.311 e. The molecule has 0 N–H and O–H groups in total. The zero-order valence-corrected chi connectivity index (χ0v) is 24.9. The van der Waals surface area contributed by atoms with Crippen LogP contribution in [0, 0.1) is 0 Å². The summed E-state index contributed by atoms with van der Waals surface area (Å²) in [4.78, 5) is 2.33. The third-order valence-electron chi connectivity index (χ3n) is 7.29. The summed E-state index contributed by atoms with van der Waals surface area (Å²) in [5.74, 6) is 0. The zero-order chi connectivity index (χ0) is 29.5. The van der Waals surface area contributed by atoms with Gasteiger partial charge >= 0.3 is 0 Å². The van der Waals surface area contributed by atoms with Crippen molar-refractivity contribution in [1.82, 2.24) is 0 Å². The first kappa shape index (κ1) is 29.4. The molecule has 0 amide bonds. The molecule has 5 aromatic rings. The molecule has 0 bridgehead atoms. The Bertz CT molecular complexity index is 1540. The van der Waals surface area contributed by atoms with Gasteiger partial charge in [-0.15, -0.1) is 0 Å². The van der Waals surface area contributed by atoms with Crippen LogP contribution in [0.2, 0.25) is 0 Å². The van der Waals surface area contributed by atoms with Crippen LogP contribution in [0.15, 0.2) is 158 Å². The van der Waals surface area contributed by atoms with Gasteiger partial charge in [-0.1, -0.05) is 159 Å². The van der Waals surface area contributed by atoms with Crippen molar-refractivity contribution >= 4 is 41.4 Å². The van der Waals surface area contributed by atoms with E-state index in [0.29, 0.717) is 0 Å². The molecule has 0 saturated carbocycles. The van der Waals surface area contributed by atoms with E-state index in [-0.39, 0.29) is 0 Å². The normalized spacial score (nSPS) is 11.7. The molecule has 0 heterocycles. The number of hydrogen-bond donors (Lipinski definition) is 0. The van der Waals surface area contributed by atoms with Crippen LogP contribution in [0.3, 0.4) is 0 Å². The van der Waals surface area contributed by atoms with Gasteiger partial charge in [-0.2, -0.15) is 0 Å². The minimum absolute atomic E-state index is 1.12. The van der Waals surface area contributed by atoms with E-state index in [1.165, 1.54) is 40.7 Å². The van der Waals surface area contributed by atoms with Gasteiger partial charge in [-0.05, 0) is 77.1 Å². The molecule has 0 aliphatic carbocycles. The van der Waals surface area contributed by atoms with E-state index in [1.807, 2.05) is 12.1 Å². The van der Waals surface area contributed by atoms with Gasteiger partial charge in [0.1, 0.15) is 0 Å². The fourth-order valence-corrected chi connectivity index (χ4v) is 4.90. The van der Waals surface area contributed by atoms with E-state index < -0.39 is 0 Å². The molecule has 0 spiro atoms. The maximum Gasteiger partial charge on any atom is 0.0462 e. The predicted molar refractivity (Wildman–Crippen MR) is 189 cm³/mol. The van der Waals surface area contributed by atoms with Crippen molar-refractivity contribution in [3.05, 3.63) is 186 Å². The average molecular weight is 558 g/mol. The molecule has 0 atom stereocenters. The molecule has 0 aliphatic heterocycles. The molecule has 43 heavy (non-hydrogen) atoms. The van der Waals surface area contributed by atoms with Crippen LogP contribution in [0.5, 0.6) is 0 Å². The van der Waals surface area contributed by atoms with Crippen LogP contribution in [0.4, 0.5) is 17.1 Å². The highest BCUT2D eigenvalue weighted by Gasteiger charge is 2.12.